The third-order valence-electron chi connectivity index (χ3n) is 13.2. The van der Waals surface area contributed by atoms with Crippen LogP contribution in [0.4, 0.5) is 0 Å². The molecule has 10 heteroatoms. The maximum Gasteiger partial charge on any atom is 0.472 e. The van der Waals surface area contributed by atoms with Gasteiger partial charge in [0.25, 0.3) is 0 Å². The molecule has 0 saturated heterocycles. The van der Waals surface area contributed by atoms with Crippen LogP contribution in [0.1, 0.15) is 252 Å². The SMILES string of the molecule is CC/C=C\C/C=C\C/C=C\C/C=C\C/C=C\CCCCCCCC(=O)NC(COP(=O)(O)OCC[N+](C)(C)C)C(/C=C/CCCCCCCCCCC)OC(=O)CCCCCCCC/C=C\C/C=C\C/C=C\CCCCC. The van der Waals surface area contributed by atoms with Gasteiger partial charge < -0.3 is 19.4 Å². The normalized spacial score (nSPS) is 14.4. The van der Waals surface area contributed by atoms with Crippen molar-refractivity contribution in [2.45, 2.75) is 264 Å². The molecule has 77 heavy (non-hydrogen) atoms. The van der Waals surface area contributed by atoms with Crippen molar-refractivity contribution in [3.8, 4) is 0 Å². The van der Waals surface area contributed by atoms with E-state index in [1.807, 2.05) is 33.3 Å². The summed E-state index contributed by atoms with van der Waals surface area (Å²) in [5.41, 5.74) is 0. The van der Waals surface area contributed by atoms with Crippen LogP contribution in [-0.4, -0.2) is 74.3 Å². The molecule has 9 nitrogen and oxygen atoms in total. The molecule has 3 unspecified atom stereocenters. The Morgan fingerprint density at radius 2 is 0.831 bits per heavy atom. The fraction of sp³-hybridized carbons (Fsp3) is 0.701. The van der Waals surface area contributed by atoms with Crippen molar-refractivity contribution >= 4 is 19.7 Å². The lowest BCUT2D eigenvalue weighted by molar-refractivity contribution is -0.870. The maximum atomic E-state index is 13.5. The van der Waals surface area contributed by atoms with Gasteiger partial charge in [0.2, 0.25) is 5.91 Å². The first-order chi connectivity index (χ1) is 37.4. The minimum absolute atomic E-state index is 0.0281. The Kier molecular flexibility index (Phi) is 53.5. The number of phosphoric acid groups is 1. The van der Waals surface area contributed by atoms with Gasteiger partial charge in [0.05, 0.1) is 33.8 Å². The van der Waals surface area contributed by atoms with Crippen molar-refractivity contribution < 1.29 is 37.3 Å². The van der Waals surface area contributed by atoms with E-state index in [-0.39, 0.29) is 31.5 Å². The van der Waals surface area contributed by atoms with Crippen molar-refractivity contribution in [3.05, 3.63) is 109 Å². The molecule has 0 aliphatic rings. The minimum Gasteiger partial charge on any atom is -0.456 e. The van der Waals surface area contributed by atoms with Gasteiger partial charge in [-0.1, -0.05) is 233 Å². The summed E-state index contributed by atoms with van der Waals surface area (Å²) in [5, 5.41) is 3.04. The molecular weight excluding hydrogens is 976 g/mol. The summed E-state index contributed by atoms with van der Waals surface area (Å²) < 4.78 is 30.7. The second kappa shape index (κ2) is 56.0. The fourth-order valence-electron chi connectivity index (χ4n) is 8.38. The molecule has 0 radical (unpaired) electrons. The molecule has 1 amide bonds. The number of hydrogen-bond acceptors (Lipinski definition) is 6. The number of hydrogen-bond donors (Lipinski definition) is 2. The molecule has 0 aromatic rings. The Labute approximate surface area is 474 Å². The number of esters is 1. The fourth-order valence-corrected chi connectivity index (χ4v) is 9.12. The predicted octanol–water partition coefficient (Wildman–Crippen LogP) is 19.3. The summed E-state index contributed by atoms with van der Waals surface area (Å²) in [4.78, 5) is 37.7. The van der Waals surface area contributed by atoms with Crippen LogP contribution >= 0.6 is 7.82 Å². The monoisotopic (exact) mass is 1090 g/mol. The number of allylic oxidation sites excluding steroid dienone is 17. The second-order valence-corrected chi connectivity index (χ2v) is 23.3. The molecule has 2 N–H and O–H groups in total. The highest BCUT2D eigenvalue weighted by molar-refractivity contribution is 7.47. The van der Waals surface area contributed by atoms with Crippen molar-refractivity contribution in [1.29, 1.82) is 0 Å². The van der Waals surface area contributed by atoms with E-state index in [1.165, 1.54) is 83.5 Å². The van der Waals surface area contributed by atoms with Crippen molar-refractivity contribution in [2.24, 2.45) is 0 Å². The van der Waals surface area contributed by atoms with Gasteiger partial charge in [0, 0.05) is 12.8 Å². The molecule has 0 bridgehead atoms. The third-order valence-corrected chi connectivity index (χ3v) is 14.2. The van der Waals surface area contributed by atoms with E-state index >= 15 is 0 Å². The maximum absolute atomic E-state index is 13.5. The van der Waals surface area contributed by atoms with Gasteiger partial charge >= 0.3 is 13.8 Å². The highest BCUT2D eigenvalue weighted by atomic mass is 31.2. The summed E-state index contributed by atoms with van der Waals surface area (Å²) in [6.07, 6.45) is 76.5. The summed E-state index contributed by atoms with van der Waals surface area (Å²) in [6.45, 7) is 6.83. The van der Waals surface area contributed by atoms with Crippen LogP contribution in [-0.2, 0) is 27.9 Å². The molecule has 442 valence electrons. The Morgan fingerprint density at radius 3 is 1.27 bits per heavy atom. The molecule has 0 aromatic carbocycles. The minimum atomic E-state index is -4.46. The van der Waals surface area contributed by atoms with Gasteiger partial charge in [0.1, 0.15) is 19.3 Å². The molecule has 0 aliphatic carbocycles. The summed E-state index contributed by atoms with van der Waals surface area (Å²) in [6, 6.07) is -0.871. The largest absolute Gasteiger partial charge is 0.472 e. The average molecular weight is 1090 g/mol. The first kappa shape index (κ1) is 73.7. The summed E-state index contributed by atoms with van der Waals surface area (Å²) >= 11 is 0. The van der Waals surface area contributed by atoms with Gasteiger partial charge in [-0.05, 0) is 115 Å². The number of ether oxygens (including phenoxy) is 1. The number of amides is 1. The van der Waals surface area contributed by atoms with Crippen LogP contribution in [0.5, 0.6) is 0 Å². The standard InChI is InChI=1S/C67H117N2O7P/c1-7-10-13-16-19-22-25-27-29-31-33-34-36-37-39-41-44-47-50-53-56-59-66(70)68-64(63-75-77(72,73)74-62-61-69(4,5)6)65(58-55-52-49-46-43-24-21-18-15-12-9-3)76-67(71)60-57-54-51-48-45-42-40-38-35-32-30-28-26-23-20-17-14-11-8-2/h10,13,19-20,22-23,27-30,33-35,37-39,55,58,64-65H,7-9,11-12,14-18,21,24-26,31-32,36,40-54,56-57,59-63H2,1-6H3,(H-,68,70,72,73)/p+1/b13-10-,22-19-,23-20-,29-27-,30-28-,34-33-,38-35-,39-37-,58-55+. The van der Waals surface area contributed by atoms with E-state index in [9.17, 15) is 19.0 Å². The van der Waals surface area contributed by atoms with Crippen molar-refractivity contribution in [2.75, 3.05) is 40.9 Å². The summed E-state index contributed by atoms with van der Waals surface area (Å²) in [7, 11) is 1.46. The molecule has 3 atom stereocenters. The van der Waals surface area contributed by atoms with Gasteiger partial charge in [0.15, 0.2) is 0 Å². The average Bonchev–Trinajstić information content (AvgIpc) is 3.39. The van der Waals surface area contributed by atoms with Gasteiger partial charge in [-0.15, -0.1) is 0 Å². The number of rotatable bonds is 55. The topological polar surface area (TPSA) is 111 Å². The predicted molar refractivity (Wildman–Crippen MR) is 332 cm³/mol. The van der Waals surface area contributed by atoms with E-state index in [0.717, 1.165) is 135 Å². The highest BCUT2D eigenvalue weighted by Crippen LogP contribution is 2.43. The number of nitrogens with zero attached hydrogens (tertiary/aromatic N) is 1. The van der Waals surface area contributed by atoms with E-state index in [0.29, 0.717) is 17.4 Å². The molecule has 0 heterocycles. The zero-order valence-corrected chi connectivity index (χ0v) is 51.3. The first-order valence-electron chi connectivity index (χ1n) is 31.2. The number of carbonyl (C=O) groups excluding carboxylic acids is 2. The van der Waals surface area contributed by atoms with Crippen LogP contribution in [0.2, 0.25) is 0 Å². The van der Waals surface area contributed by atoms with Gasteiger partial charge in [-0.3, -0.25) is 18.6 Å². The Balaban J connectivity index is 5.29. The Hall–Kier alpha value is -3.33. The lowest BCUT2D eigenvalue weighted by Gasteiger charge is -2.27. The van der Waals surface area contributed by atoms with Crippen LogP contribution < -0.4 is 5.32 Å². The van der Waals surface area contributed by atoms with Crippen LogP contribution in [0.15, 0.2) is 109 Å². The van der Waals surface area contributed by atoms with E-state index in [4.69, 9.17) is 13.8 Å². The number of nitrogens with one attached hydrogen (secondary N) is 1. The highest BCUT2D eigenvalue weighted by Gasteiger charge is 2.30. The number of unbranched alkanes of at least 4 members (excludes halogenated alkanes) is 23. The van der Waals surface area contributed by atoms with Crippen LogP contribution in [0, 0.1) is 0 Å². The molecule has 0 spiro atoms. The first-order valence-corrected chi connectivity index (χ1v) is 32.7. The van der Waals surface area contributed by atoms with Crippen molar-refractivity contribution in [3.63, 3.8) is 0 Å². The van der Waals surface area contributed by atoms with Crippen molar-refractivity contribution in [1.82, 2.24) is 5.32 Å². The van der Waals surface area contributed by atoms with Crippen LogP contribution in [0.3, 0.4) is 0 Å². The molecule has 0 aliphatic heterocycles. The zero-order chi connectivity index (χ0) is 56.4. The van der Waals surface area contributed by atoms with E-state index in [2.05, 4.69) is 123 Å². The molecule has 0 aromatic heterocycles. The Morgan fingerprint density at radius 1 is 0.468 bits per heavy atom. The van der Waals surface area contributed by atoms with E-state index in [1.54, 1.807) is 0 Å². The zero-order valence-electron chi connectivity index (χ0n) is 50.4. The smallest absolute Gasteiger partial charge is 0.456 e. The van der Waals surface area contributed by atoms with Gasteiger partial charge in [-0.2, -0.15) is 0 Å². The lowest BCUT2D eigenvalue weighted by Crippen LogP contribution is -2.47. The third kappa shape index (κ3) is 57.2. The number of likely N-dealkylation sites (N-methyl/N-ethyl adjacent to an activating group) is 1. The molecule has 0 fully saturated rings. The molecule has 0 rings (SSSR count). The Bertz CT molecular complexity index is 1690. The van der Waals surface area contributed by atoms with E-state index < -0.39 is 20.0 Å². The number of phosphoric ester groups is 1. The molecule has 0 saturated carbocycles. The van der Waals surface area contributed by atoms with Crippen LogP contribution in [0.25, 0.3) is 0 Å². The summed E-state index contributed by atoms with van der Waals surface area (Å²) in [5.74, 6) is -0.548. The van der Waals surface area contributed by atoms with Gasteiger partial charge in [-0.25, -0.2) is 4.57 Å². The number of carbonyl (C=O) groups is 2. The lowest BCUT2D eigenvalue weighted by atomic mass is 10.1. The quantitative estimate of drug-likeness (QED) is 0.0205. The number of quaternary nitrogens is 1. The molecular formula is C67H118N2O7P+. The second-order valence-electron chi connectivity index (χ2n) is 21.8.